The van der Waals surface area contributed by atoms with Gasteiger partial charge in [0.25, 0.3) is 6.71 Å². The second kappa shape index (κ2) is 14.4. The minimum Gasteiger partial charge on any atom is -0.458 e. The first kappa shape index (κ1) is 41.8. The Morgan fingerprint density at radius 3 is 1.58 bits per heavy atom. The maximum atomic E-state index is 6.96. The number of nitrogens with zero attached hydrogens (tertiary/aromatic N) is 3. The lowest BCUT2D eigenvalue weighted by atomic mass is 9.33. The van der Waals surface area contributed by atoms with E-state index in [2.05, 4.69) is 244 Å². The Kier molecular flexibility index (Phi) is 9.41. The van der Waals surface area contributed by atoms with E-state index < -0.39 is 0 Å². The predicted octanol–water partition coefficient (Wildman–Crippen LogP) is 14.4. The third kappa shape index (κ3) is 6.73. The van der Waals surface area contributed by atoms with Crippen LogP contribution < -0.4 is 30.9 Å². The van der Waals surface area contributed by atoms with Crippen LogP contribution in [0.15, 0.2) is 140 Å². The standard InChI is InChI=1S/C59H62BN3O/c1-56(2,3)37-21-28-41(29-22-37)62(42-30-23-38(24-31-42)57(4,5)6)49-36-48-54(52-44-17-14-15-18-46(44)61(13)55(49)52)60-45-35-40(59(10,11)12)27-34-50(45)64-51-20-16-19-47(53(51)60)63(48)43-32-25-39(26-33-43)58(7,8)9/h14-36H,1-13H3. The molecule has 2 aliphatic heterocycles. The van der Waals surface area contributed by atoms with Crippen molar-refractivity contribution in [1.29, 1.82) is 0 Å². The van der Waals surface area contributed by atoms with E-state index in [1.54, 1.807) is 0 Å². The van der Waals surface area contributed by atoms with Crippen LogP contribution in [0.3, 0.4) is 0 Å². The molecule has 0 bridgehead atoms. The Balaban J connectivity index is 1.36. The molecule has 1 aromatic heterocycles. The van der Waals surface area contributed by atoms with Gasteiger partial charge in [0.2, 0.25) is 0 Å². The summed E-state index contributed by atoms with van der Waals surface area (Å²) in [6, 6.07) is 52.8. The first-order valence-electron chi connectivity index (χ1n) is 23.1. The van der Waals surface area contributed by atoms with Gasteiger partial charge in [-0.1, -0.05) is 156 Å². The zero-order valence-corrected chi connectivity index (χ0v) is 40.1. The van der Waals surface area contributed by atoms with Crippen molar-refractivity contribution < 1.29 is 4.74 Å². The monoisotopic (exact) mass is 839 g/mol. The first-order chi connectivity index (χ1) is 30.2. The van der Waals surface area contributed by atoms with Gasteiger partial charge < -0.3 is 19.1 Å². The van der Waals surface area contributed by atoms with Crippen LogP contribution in [0.2, 0.25) is 0 Å². The largest absolute Gasteiger partial charge is 0.458 e. The summed E-state index contributed by atoms with van der Waals surface area (Å²) in [7, 11) is 2.25. The fraction of sp³-hybridized carbons (Fsp3) is 0.288. The van der Waals surface area contributed by atoms with Gasteiger partial charge in [-0.25, -0.2) is 0 Å². The van der Waals surface area contributed by atoms with E-state index in [-0.39, 0.29) is 28.4 Å². The van der Waals surface area contributed by atoms with Crippen LogP contribution in [-0.4, -0.2) is 11.3 Å². The van der Waals surface area contributed by atoms with Crippen LogP contribution in [0, 0.1) is 0 Å². The normalized spacial score (nSPS) is 13.8. The molecule has 0 fully saturated rings. The summed E-state index contributed by atoms with van der Waals surface area (Å²) < 4.78 is 9.40. The van der Waals surface area contributed by atoms with E-state index in [1.165, 1.54) is 66.1 Å². The Labute approximate surface area is 381 Å². The van der Waals surface area contributed by atoms with Crippen LogP contribution in [-0.2, 0) is 28.7 Å². The molecule has 64 heavy (non-hydrogen) atoms. The summed E-state index contributed by atoms with van der Waals surface area (Å²) in [6.45, 7) is 27.4. The molecule has 0 amide bonds. The summed E-state index contributed by atoms with van der Waals surface area (Å²) in [6.07, 6.45) is 0. The van der Waals surface area contributed by atoms with Crippen LogP contribution in [0.4, 0.5) is 34.1 Å². The van der Waals surface area contributed by atoms with Crippen molar-refractivity contribution in [2.45, 2.75) is 105 Å². The zero-order valence-electron chi connectivity index (χ0n) is 40.1. The summed E-state index contributed by atoms with van der Waals surface area (Å²) >= 11 is 0. The van der Waals surface area contributed by atoms with Crippen molar-refractivity contribution in [1.82, 2.24) is 4.57 Å². The van der Waals surface area contributed by atoms with Gasteiger partial charge in [0.1, 0.15) is 11.5 Å². The summed E-state index contributed by atoms with van der Waals surface area (Å²) in [5.41, 5.74) is 18.2. The SMILES string of the molecule is Cn1c2ccccc2c2c3c(cc(N(c4ccc(C(C)(C)C)cc4)c4ccc(C(C)(C)C)cc4)c21)N(c1ccc(C(C)(C)C)cc1)c1cccc2c1B3c1cc(C(C)(C)C)ccc1O2. The molecule has 3 heterocycles. The van der Waals surface area contributed by atoms with E-state index in [1.807, 2.05) is 0 Å². The third-order valence-electron chi connectivity index (χ3n) is 13.9. The van der Waals surface area contributed by atoms with Crippen LogP contribution in [0.1, 0.15) is 105 Å². The zero-order chi connectivity index (χ0) is 45.2. The minimum absolute atomic E-state index is 0.0194. The smallest absolute Gasteiger partial charge is 0.257 e. The number of aromatic nitrogens is 1. The molecule has 4 nitrogen and oxygen atoms in total. The predicted molar refractivity (Wildman–Crippen MR) is 276 cm³/mol. The maximum Gasteiger partial charge on any atom is 0.257 e. The summed E-state index contributed by atoms with van der Waals surface area (Å²) in [5.74, 6) is 1.84. The molecule has 0 saturated carbocycles. The lowest BCUT2D eigenvalue weighted by Gasteiger charge is -2.41. The number of fused-ring (bicyclic) bond motifs is 8. The van der Waals surface area contributed by atoms with E-state index in [9.17, 15) is 0 Å². The number of rotatable bonds is 4. The molecule has 0 radical (unpaired) electrons. The van der Waals surface area contributed by atoms with E-state index >= 15 is 0 Å². The van der Waals surface area contributed by atoms with E-state index in [0.29, 0.717) is 0 Å². The second-order valence-corrected chi connectivity index (χ2v) is 22.4. The minimum atomic E-state index is -0.0784. The number of ether oxygens (including phenoxy) is 1. The molecule has 322 valence electrons. The number of benzene rings is 7. The van der Waals surface area contributed by atoms with Gasteiger partial charge in [0.15, 0.2) is 0 Å². The maximum absolute atomic E-state index is 6.96. The fourth-order valence-electron chi connectivity index (χ4n) is 10.2. The molecule has 7 aromatic carbocycles. The lowest BCUT2D eigenvalue weighted by Crippen LogP contribution is -2.60. The molecule has 8 aromatic rings. The molecule has 5 heteroatoms. The van der Waals surface area contributed by atoms with Crippen molar-refractivity contribution in [2.24, 2.45) is 7.05 Å². The highest BCUT2D eigenvalue weighted by Gasteiger charge is 2.45. The Bertz CT molecular complexity index is 3050. The molecular weight excluding hydrogens is 777 g/mol. The molecule has 0 N–H and O–H groups in total. The van der Waals surface area contributed by atoms with E-state index in [0.717, 1.165) is 39.9 Å². The average molecular weight is 840 g/mol. The average Bonchev–Trinajstić information content (AvgIpc) is 3.54. The Hall–Kier alpha value is -6.20. The number of hydrogen-bond acceptors (Lipinski definition) is 3. The van der Waals surface area contributed by atoms with Crippen LogP contribution in [0.25, 0.3) is 21.8 Å². The van der Waals surface area contributed by atoms with Crippen molar-refractivity contribution in [3.8, 4) is 11.5 Å². The molecule has 0 unspecified atom stereocenters. The van der Waals surface area contributed by atoms with Crippen LogP contribution >= 0.6 is 0 Å². The molecule has 10 rings (SSSR count). The van der Waals surface area contributed by atoms with Crippen molar-refractivity contribution in [2.75, 3.05) is 9.80 Å². The molecule has 2 aliphatic rings. The molecule has 0 atom stereocenters. The Morgan fingerprint density at radius 1 is 0.484 bits per heavy atom. The highest BCUT2D eigenvalue weighted by Crippen LogP contribution is 2.49. The lowest BCUT2D eigenvalue weighted by molar-refractivity contribution is 0.486. The van der Waals surface area contributed by atoms with E-state index in [4.69, 9.17) is 4.74 Å². The second-order valence-electron chi connectivity index (χ2n) is 22.4. The molecule has 0 spiro atoms. The quantitative estimate of drug-likeness (QED) is 0.165. The summed E-state index contributed by atoms with van der Waals surface area (Å²) in [4.78, 5) is 5.02. The topological polar surface area (TPSA) is 20.6 Å². The van der Waals surface area contributed by atoms with Gasteiger partial charge in [0.05, 0.1) is 11.2 Å². The number of para-hydroxylation sites is 1. The van der Waals surface area contributed by atoms with Gasteiger partial charge >= 0.3 is 0 Å². The highest BCUT2D eigenvalue weighted by molar-refractivity contribution is 7.01. The third-order valence-corrected chi connectivity index (χ3v) is 13.9. The fourth-order valence-corrected chi connectivity index (χ4v) is 10.2. The van der Waals surface area contributed by atoms with Crippen molar-refractivity contribution in [3.63, 3.8) is 0 Å². The molecule has 0 saturated heterocycles. The Morgan fingerprint density at radius 2 is 1.02 bits per heavy atom. The van der Waals surface area contributed by atoms with Gasteiger partial charge in [-0.2, -0.15) is 0 Å². The van der Waals surface area contributed by atoms with Gasteiger partial charge in [-0.15, -0.1) is 0 Å². The first-order valence-corrected chi connectivity index (χ1v) is 23.1. The molecule has 0 aliphatic carbocycles. The van der Waals surface area contributed by atoms with Crippen molar-refractivity contribution >= 4 is 79.0 Å². The summed E-state index contributed by atoms with van der Waals surface area (Å²) in [5, 5.41) is 2.51. The number of hydrogen-bond donors (Lipinski definition) is 0. The number of aryl methyl sites for hydroxylation is 1. The molecular formula is C59H62BN3O. The van der Waals surface area contributed by atoms with Gasteiger partial charge in [-0.05, 0) is 127 Å². The van der Waals surface area contributed by atoms with Gasteiger partial charge in [0, 0.05) is 51.8 Å². The highest BCUT2D eigenvalue weighted by atomic mass is 16.5. The van der Waals surface area contributed by atoms with Gasteiger partial charge in [-0.3, -0.25) is 0 Å². The number of anilines is 6. The van der Waals surface area contributed by atoms with Crippen LogP contribution in [0.5, 0.6) is 11.5 Å². The van der Waals surface area contributed by atoms with Crippen molar-refractivity contribution in [3.05, 3.63) is 162 Å².